The third-order valence-electron chi connectivity index (χ3n) is 5.92. The summed E-state index contributed by atoms with van der Waals surface area (Å²) in [7, 11) is 0. The van der Waals surface area contributed by atoms with Crippen molar-refractivity contribution in [1.82, 2.24) is 14.5 Å². The summed E-state index contributed by atoms with van der Waals surface area (Å²) in [5, 5.41) is 0. The first-order valence-corrected chi connectivity index (χ1v) is 9.55. The van der Waals surface area contributed by atoms with Crippen LogP contribution in [0, 0.1) is 5.92 Å². The molecule has 0 saturated heterocycles. The van der Waals surface area contributed by atoms with E-state index in [1.807, 2.05) is 0 Å². The number of aliphatic imine (C=N–C) groups is 1. The fraction of sp³-hybridized carbons (Fsp3) is 0.600. The van der Waals surface area contributed by atoms with Crippen molar-refractivity contribution in [3.8, 4) is 0 Å². The average molecular weight is 322 g/mol. The van der Waals surface area contributed by atoms with Crippen LogP contribution in [-0.2, 0) is 13.0 Å². The predicted molar refractivity (Wildman–Crippen MR) is 97.8 cm³/mol. The second-order valence-corrected chi connectivity index (χ2v) is 7.83. The Labute approximate surface area is 143 Å². The number of imidazole rings is 1. The molecule has 0 N–H and O–H groups in total. The molecule has 5 rings (SSSR count). The quantitative estimate of drug-likeness (QED) is 0.850. The maximum absolute atomic E-state index is 4.98. The molecule has 1 aromatic carbocycles. The number of rotatable bonds is 2. The van der Waals surface area contributed by atoms with E-state index in [-0.39, 0.29) is 0 Å². The third-order valence-corrected chi connectivity index (χ3v) is 5.92. The SMILES string of the molecule is C[C@H]1CCC(c2ccc3c(c2)nc2n3CCN(C3CC3)CC2)=NC1. The molecule has 126 valence electrons. The summed E-state index contributed by atoms with van der Waals surface area (Å²) in [5.74, 6) is 2.00. The van der Waals surface area contributed by atoms with Crippen LogP contribution in [0.1, 0.15) is 44.0 Å². The average Bonchev–Trinajstić information content (AvgIpc) is 3.40. The number of aromatic nitrogens is 2. The summed E-state index contributed by atoms with van der Waals surface area (Å²) in [4.78, 5) is 12.4. The first kappa shape index (κ1) is 14.6. The molecule has 2 aromatic rings. The summed E-state index contributed by atoms with van der Waals surface area (Å²) >= 11 is 0. The molecule has 4 heteroatoms. The van der Waals surface area contributed by atoms with Gasteiger partial charge in [-0.15, -0.1) is 0 Å². The van der Waals surface area contributed by atoms with E-state index in [2.05, 4.69) is 34.6 Å². The minimum atomic E-state index is 0.732. The maximum Gasteiger partial charge on any atom is 0.111 e. The van der Waals surface area contributed by atoms with Crippen molar-refractivity contribution < 1.29 is 0 Å². The molecule has 1 aromatic heterocycles. The van der Waals surface area contributed by atoms with Gasteiger partial charge in [-0.2, -0.15) is 0 Å². The van der Waals surface area contributed by atoms with Crippen LogP contribution in [0.3, 0.4) is 0 Å². The molecule has 0 amide bonds. The van der Waals surface area contributed by atoms with Gasteiger partial charge in [0.1, 0.15) is 5.82 Å². The molecular formula is C20H26N4. The Morgan fingerprint density at radius 3 is 2.75 bits per heavy atom. The van der Waals surface area contributed by atoms with E-state index in [0.29, 0.717) is 0 Å². The van der Waals surface area contributed by atoms with Gasteiger partial charge in [-0.05, 0) is 49.3 Å². The molecule has 1 fully saturated rings. The Bertz CT molecular complexity index is 799. The van der Waals surface area contributed by atoms with Gasteiger partial charge in [0.2, 0.25) is 0 Å². The predicted octanol–water partition coefficient (Wildman–Crippen LogP) is 3.28. The van der Waals surface area contributed by atoms with Gasteiger partial charge < -0.3 is 4.57 Å². The van der Waals surface area contributed by atoms with Crippen molar-refractivity contribution in [1.29, 1.82) is 0 Å². The normalized spacial score (nSPS) is 25.4. The zero-order valence-corrected chi connectivity index (χ0v) is 14.5. The number of benzene rings is 1. The van der Waals surface area contributed by atoms with Crippen molar-refractivity contribution in [3.05, 3.63) is 29.6 Å². The lowest BCUT2D eigenvalue weighted by molar-refractivity contribution is 0.270. The Morgan fingerprint density at radius 2 is 1.96 bits per heavy atom. The lowest BCUT2D eigenvalue weighted by Crippen LogP contribution is -2.29. The molecule has 0 radical (unpaired) electrons. The zero-order chi connectivity index (χ0) is 16.1. The lowest BCUT2D eigenvalue weighted by Gasteiger charge is -2.18. The minimum absolute atomic E-state index is 0.732. The van der Waals surface area contributed by atoms with Crippen LogP contribution in [0.2, 0.25) is 0 Å². The molecule has 24 heavy (non-hydrogen) atoms. The summed E-state index contributed by atoms with van der Waals surface area (Å²) in [5.41, 5.74) is 5.01. The van der Waals surface area contributed by atoms with Crippen LogP contribution in [0.5, 0.6) is 0 Å². The van der Waals surface area contributed by atoms with E-state index >= 15 is 0 Å². The van der Waals surface area contributed by atoms with Gasteiger partial charge in [-0.25, -0.2) is 4.98 Å². The largest absolute Gasteiger partial charge is 0.327 e. The lowest BCUT2D eigenvalue weighted by atomic mass is 9.96. The fourth-order valence-electron chi connectivity index (χ4n) is 4.24. The van der Waals surface area contributed by atoms with E-state index in [4.69, 9.17) is 9.98 Å². The van der Waals surface area contributed by atoms with Gasteiger partial charge in [0, 0.05) is 44.4 Å². The second-order valence-electron chi connectivity index (χ2n) is 7.83. The standard InChI is InChI=1S/C20H26N4/c1-14-2-6-17(21-13-14)15-3-7-19-18(12-15)22-20-8-9-23(16-4-5-16)10-11-24(19)20/h3,7,12,14,16H,2,4-6,8-11,13H2,1H3/t14-/m0/s1. The van der Waals surface area contributed by atoms with Gasteiger partial charge >= 0.3 is 0 Å². The molecular weight excluding hydrogens is 296 g/mol. The monoisotopic (exact) mass is 322 g/mol. The van der Waals surface area contributed by atoms with E-state index in [9.17, 15) is 0 Å². The van der Waals surface area contributed by atoms with Crippen LogP contribution in [0.15, 0.2) is 23.2 Å². The Kier molecular flexibility index (Phi) is 3.47. The van der Waals surface area contributed by atoms with E-state index in [1.165, 1.54) is 55.0 Å². The molecule has 1 aliphatic carbocycles. The molecule has 3 heterocycles. The van der Waals surface area contributed by atoms with E-state index < -0.39 is 0 Å². The maximum atomic E-state index is 4.98. The van der Waals surface area contributed by atoms with Crippen molar-refractivity contribution in [2.75, 3.05) is 19.6 Å². The van der Waals surface area contributed by atoms with Crippen LogP contribution >= 0.6 is 0 Å². The Hall–Kier alpha value is -1.68. The topological polar surface area (TPSA) is 33.4 Å². The highest BCUT2D eigenvalue weighted by Gasteiger charge is 2.30. The van der Waals surface area contributed by atoms with Crippen molar-refractivity contribution in [2.24, 2.45) is 10.9 Å². The third kappa shape index (κ3) is 2.57. The molecule has 4 nitrogen and oxygen atoms in total. The van der Waals surface area contributed by atoms with E-state index in [0.717, 1.165) is 43.4 Å². The number of nitrogens with zero attached hydrogens (tertiary/aromatic N) is 4. The number of hydrogen-bond acceptors (Lipinski definition) is 3. The highest BCUT2D eigenvalue weighted by Crippen LogP contribution is 2.29. The molecule has 1 atom stereocenters. The Morgan fingerprint density at radius 1 is 1.04 bits per heavy atom. The zero-order valence-electron chi connectivity index (χ0n) is 14.5. The smallest absolute Gasteiger partial charge is 0.111 e. The highest BCUT2D eigenvalue weighted by molar-refractivity contribution is 6.03. The van der Waals surface area contributed by atoms with Gasteiger partial charge in [0.25, 0.3) is 0 Å². The molecule has 3 aliphatic rings. The van der Waals surface area contributed by atoms with Crippen LogP contribution in [0.25, 0.3) is 11.0 Å². The first-order valence-electron chi connectivity index (χ1n) is 9.55. The summed E-state index contributed by atoms with van der Waals surface area (Å²) in [6.07, 6.45) is 6.24. The summed E-state index contributed by atoms with van der Waals surface area (Å²) in [6, 6.07) is 7.66. The molecule has 1 saturated carbocycles. The Balaban J connectivity index is 1.45. The fourth-order valence-corrected chi connectivity index (χ4v) is 4.24. The van der Waals surface area contributed by atoms with E-state index in [1.54, 1.807) is 0 Å². The second kappa shape index (κ2) is 5.69. The number of hydrogen-bond donors (Lipinski definition) is 0. The van der Waals surface area contributed by atoms with Gasteiger partial charge in [0.15, 0.2) is 0 Å². The van der Waals surface area contributed by atoms with Gasteiger partial charge in [-0.3, -0.25) is 9.89 Å². The molecule has 0 spiro atoms. The molecule has 0 bridgehead atoms. The number of fused-ring (bicyclic) bond motifs is 3. The highest BCUT2D eigenvalue weighted by atomic mass is 15.2. The molecule has 2 aliphatic heterocycles. The van der Waals surface area contributed by atoms with Crippen LogP contribution in [0.4, 0.5) is 0 Å². The summed E-state index contributed by atoms with van der Waals surface area (Å²) < 4.78 is 2.45. The first-order chi connectivity index (χ1) is 11.8. The van der Waals surface area contributed by atoms with Crippen molar-refractivity contribution in [2.45, 2.75) is 51.6 Å². The van der Waals surface area contributed by atoms with Crippen LogP contribution < -0.4 is 0 Å². The molecule has 0 unspecified atom stereocenters. The van der Waals surface area contributed by atoms with Crippen molar-refractivity contribution >= 4 is 16.7 Å². The van der Waals surface area contributed by atoms with Crippen molar-refractivity contribution in [3.63, 3.8) is 0 Å². The van der Waals surface area contributed by atoms with Gasteiger partial charge in [-0.1, -0.05) is 13.0 Å². The van der Waals surface area contributed by atoms with Crippen LogP contribution in [-0.4, -0.2) is 45.8 Å². The summed E-state index contributed by atoms with van der Waals surface area (Å²) in [6.45, 7) is 6.70. The van der Waals surface area contributed by atoms with Gasteiger partial charge in [0.05, 0.1) is 11.0 Å². The minimum Gasteiger partial charge on any atom is -0.327 e.